The first-order valence-electron chi connectivity index (χ1n) is 9.04. The molecule has 23 heavy (non-hydrogen) atoms. The van der Waals surface area contributed by atoms with Crippen molar-refractivity contribution in [2.45, 2.75) is 70.6 Å². The zero-order valence-electron chi connectivity index (χ0n) is 14.3. The summed E-state index contributed by atoms with van der Waals surface area (Å²) in [5, 5.41) is 22.1. The average Bonchev–Trinajstić information content (AvgIpc) is 3.13. The Morgan fingerprint density at radius 3 is 2.78 bits per heavy atom. The summed E-state index contributed by atoms with van der Waals surface area (Å²) in [5.41, 5.74) is 0.237. The van der Waals surface area contributed by atoms with Crippen LogP contribution in [0.5, 0.6) is 0 Å². The van der Waals surface area contributed by atoms with Gasteiger partial charge in [0.1, 0.15) is 0 Å². The zero-order valence-corrected chi connectivity index (χ0v) is 14.3. The molecule has 1 aliphatic heterocycles. The molecular weight excluding hydrogens is 292 g/mol. The fourth-order valence-corrected chi connectivity index (χ4v) is 4.99. The zero-order chi connectivity index (χ0) is 16.2. The summed E-state index contributed by atoms with van der Waals surface area (Å²) in [6, 6.07) is 1.06. The molecule has 3 aliphatic rings. The lowest BCUT2D eigenvalue weighted by molar-refractivity contribution is -0.0961. The summed E-state index contributed by atoms with van der Waals surface area (Å²) in [6.45, 7) is 9.00. The molecule has 1 aromatic heterocycles. The summed E-state index contributed by atoms with van der Waals surface area (Å²) < 4.78 is 5.70. The normalized spacial score (nSPS) is 37.5. The minimum Gasteiger partial charge on any atom is -0.408 e. The molecule has 128 valence electrons. The van der Waals surface area contributed by atoms with Gasteiger partial charge in [-0.3, -0.25) is 4.90 Å². The van der Waals surface area contributed by atoms with Crippen LogP contribution >= 0.6 is 0 Å². The van der Waals surface area contributed by atoms with E-state index in [9.17, 15) is 5.11 Å². The van der Waals surface area contributed by atoms with Crippen LogP contribution in [0.15, 0.2) is 4.42 Å². The lowest BCUT2D eigenvalue weighted by Crippen LogP contribution is -2.65. The Morgan fingerprint density at radius 2 is 2.13 bits per heavy atom. The monoisotopic (exact) mass is 320 g/mol. The second-order valence-electron chi connectivity index (χ2n) is 8.06. The van der Waals surface area contributed by atoms with Crippen molar-refractivity contribution < 1.29 is 9.52 Å². The van der Waals surface area contributed by atoms with E-state index in [2.05, 4.69) is 41.2 Å². The number of aromatic nitrogens is 2. The first-order chi connectivity index (χ1) is 11.0. The maximum absolute atomic E-state index is 10.6. The molecule has 2 heterocycles. The quantitative estimate of drug-likeness (QED) is 0.866. The van der Waals surface area contributed by atoms with Gasteiger partial charge in [-0.2, -0.15) is 0 Å². The van der Waals surface area contributed by atoms with E-state index in [1.165, 1.54) is 0 Å². The third kappa shape index (κ3) is 2.56. The van der Waals surface area contributed by atoms with E-state index >= 15 is 0 Å². The number of nitrogens with zero attached hydrogens (tertiary/aromatic N) is 3. The lowest BCUT2D eigenvalue weighted by Gasteiger charge is -2.58. The van der Waals surface area contributed by atoms with Gasteiger partial charge in [0.05, 0.1) is 12.1 Å². The number of hydrogen-bond donors (Lipinski definition) is 2. The first-order valence-corrected chi connectivity index (χ1v) is 9.04. The van der Waals surface area contributed by atoms with Crippen LogP contribution in [0.2, 0.25) is 0 Å². The molecule has 3 fully saturated rings. The molecular formula is C17H28N4O2. The van der Waals surface area contributed by atoms with Gasteiger partial charge in [-0.1, -0.05) is 25.9 Å². The van der Waals surface area contributed by atoms with E-state index in [-0.39, 0.29) is 17.6 Å². The number of aliphatic hydroxyl groups is 1. The van der Waals surface area contributed by atoms with Gasteiger partial charge in [0.2, 0.25) is 5.89 Å². The molecule has 0 radical (unpaired) electrons. The van der Waals surface area contributed by atoms with Crippen molar-refractivity contribution >= 4 is 6.01 Å². The van der Waals surface area contributed by atoms with E-state index in [1.54, 1.807) is 0 Å². The number of aliphatic hydroxyl groups excluding tert-OH is 1. The fraction of sp³-hybridized carbons (Fsp3) is 0.882. The molecule has 0 bridgehead atoms. The maximum atomic E-state index is 10.6. The number of rotatable bonds is 5. The van der Waals surface area contributed by atoms with Gasteiger partial charge < -0.3 is 14.8 Å². The van der Waals surface area contributed by atoms with Gasteiger partial charge >= 0.3 is 6.01 Å². The topological polar surface area (TPSA) is 74.4 Å². The molecule has 4 atom stereocenters. The smallest absolute Gasteiger partial charge is 0.315 e. The van der Waals surface area contributed by atoms with Gasteiger partial charge in [-0.05, 0) is 38.1 Å². The highest BCUT2D eigenvalue weighted by Crippen LogP contribution is 2.53. The van der Waals surface area contributed by atoms with Crippen LogP contribution in [-0.2, 0) is 0 Å². The van der Waals surface area contributed by atoms with Crippen LogP contribution < -0.4 is 5.32 Å². The Balaban J connectivity index is 1.44. The Kier molecular flexibility index (Phi) is 3.65. The van der Waals surface area contributed by atoms with Crippen molar-refractivity contribution in [3.8, 4) is 0 Å². The van der Waals surface area contributed by atoms with Gasteiger partial charge in [-0.15, -0.1) is 5.10 Å². The molecule has 2 saturated carbocycles. The van der Waals surface area contributed by atoms with Gasteiger partial charge in [-0.25, -0.2) is 0 Å². The molecule has 0 aromatic carbocycles. The highest BCUT2D eigenvalue weighted by Gasteiger charge is 2.58. The molecule has 2 aliphatic carbocycles. The predicted octanol–water partition coefficient (Wildman–Crippen LogP) is 2.23. The number of hydrogen-bond acceptors (Lipinski definition) is 6. The first kappa shape index (κ1) is 15.4. The number of anilines is 1. The molecule has 6 nitrogen and oxygen atoms in total. The van der Waals surface area contributed by atoms with Gasteiger partial charge in [0.15, 0.2) is 0 Å². The van der Waals surface area contributed by atoms with Crippen LogP contribution in [0.25, 0.3) is 0 Å². The van der Waals surface area contributed by atoms with Crippen molar-refractivity contribution in [1.29, 1.82) is 0 Å². The van der Waals surface area contributed by atoms with E-state index in [1.807, 2.05) is 0 Å². The Morgan fingerprint density at radius 1 is 1.35 bits per heavy atom. The molecule has 4 rings (SSSR count). The second kappa shape index (κ2) is 5.45. The summed E-state index contributed by atoms with van der Waals surface area (Å²) in [4.78, 5) is 2.54. The fourth-order valence-electron chi connectivity index (χ4n) is 4.99. The summed E-state index contributed by atoms with van der Waals surface area (Å²) in [6.07, 6.45) is 3.81. The summed E-state index contributed by atoms with van der Waals surface area (Å²) >= 11 is 0. The van der Waals surface area contributed by atoms with Crippen LogP contribution in [0.1, 0.15) is 58.3 Å². The Labute approximate surface area is 137 Å². The highest BCUT2D eigenvalue weighted by molar-refractivity contribution is 5.26. The molecule has 0 amide bonds. The molecule has 1 saturated heterocycles. The van der Waals surface area contributed by atoms with E-state index in [4.69, 9.17) is 4.42 Å². The lowest BCUT2D eigenvalue weighted by atomic mass is 9.65. The van der Waals surface area contributed by atoms with Crippen LogP contribution in [-0.4, -0.2) is 51.5 Å². The predicted molar refractivity (Wildman–Crippen MR) is 87.2 cm³/mol. The van der Waals surface area contributed by atoms with E-state index < -0.39 is 0 Å². The Bertz CT molecular complexity index is 571. The third-order valence-corrected chi connectivity index (χ3v) is 5.96. The van der Waals surface area contributed by atoms with Crippen LogP contribution in [0, 0.1) is 11.3 Å². The largest absolute Gasteiger partial charge is 0.408 e. The molecule has 6 heteroatoms. The van der Waals surface area contributed by atoms with Crippen molar-refractivity contribution in [3.05, 3.63) is 5.89 Å². The summed E-state index contributed by atoms with van der Waals surface area (Å²) in [7, 11) is 0. The minimum absolute atomic E-state index is 0.0164. The third-order valence-electron chi connectivity index (χ3n) is 5.96. The van der Waals surface area contributed by atoms with Crippen molar-refractivity contribution in [1.82, 2.24) is 15.1 Å². The van der Waals surface area contributed by atoms with Crippen molar-refractivity contribution in [3.63, 3.8) is 0 Å². The van der Waals surface area contributed by atoms with Gasteiger partial charge in [0.25, 0.3) is 0 Å². The van der Waals surface area contributed by atoms with Crippen LogP contribution in [0.4, 0.5) is 6.01 Å². The Hall–Kier alpha value is -1.14. The van der Waals surface area contributed by atoms with Gasteiger partial charge in [0, 0.05) is 23.9 Å². The van der Waals surface area contributed by atoms with Crippen molar-refractivity contribution in [2.24, 2.45) is 11.3 Å². The molecule has 2 N–H and O–H groups in total. The van der Waals surface area contributed by atoms with E-state index in [0.717, 1.165) is 44.7 Å². The van der Waals surface area contributed by atoms with Crippen LogP contribution in [0.3, 0.4) is 0 Å². The summed E-state index contributed by atoms with van der Waals surface area (Å²) in [5.74, 6) is 1.82. The highest BCUT2D eigenvalue weighted by atomic mass is 16.4. The maximum Gasteiger partial charge on any atom is 0.315 e. The standard InChI is InChI=1S/C17H28N4O2/c1-4-21-9-17(14(21)10(2)3)7-12(13(22)8-17)18-16-20-19-15(23-16)11-5-6-11/h10-14,22H,4-9H2,1-3H3,(H,18,20)/t12-,13-,14?,17?/m1/s1. The molecule has 2 unspecified atom stereocenters. The van der Waals surface area contributed by atoms with Crippen molar-refractivity contribution in [2.75, 3.05) is 18.4 Å². The SMILES string of the molecule is CCN1CC2(C[C@@H](O)[C@H](Nc3nnc(C4CC4)o3)C2)C1C(C)C. The van der Waals surface area contributed by atoms with E-state index in [0.29, 0.717) is 23.9 Å². The second-order valence-corrected chi connectivity index (χ2v) is 8.06. The number of nitrogens with one attached hydrogen (secondary N) is 1. The number of likely N-dealkylation sites (tertiary alicyclic amines) is 1. The molecule has 1 spiro atoms. The molecule has 1 aromatic rings. The average molecular weight is 320 g/mol. The minimum atomic E-state index is -0.341.